The standard InChI is InChI=1S/C20H23N7O2/c28-20(16-7-4-12-29-16)26-10-8-25(9-11-26)18-17-19(22-14-21-18)27(24-23-17)13-15-5-2-1-3-6-15/h1-3,5-6,14,16H,4,7-13H2/t16-/m0/s1. The molecule has 5 rings (SSSR count). The summed E-state index contributed by atoms with van der Waals surface area (Å²) in [7, 11) is 0. The Labute approximate surface area is 168 Å². The molecule has 29 heavy (non-hydrogen) atoms. The molecule has 0 bridgehead atoms. The predicted molar refractivity (Wildman–Crippen MR) is 106 cm³/mol. The molecule has 2 saturated heterocycles. The molecule has 2 fully saturated rings. The number of aromatic nitrogens is 5. The summed E-state index contributed by atoms with van der Waals surface area (Å²) in [6, 6.07) is 10.1. The Morgan fingerprint density at radius 3 is 2.69 bits per heavy atom. The number of hydrogen-bond donors (Lipinski definition) is 0. The average Bonchev–Trinajstić information content (AvgIpc) is 3.45. The van der Waals surface area contributed by atoms with Crippen molar-refractivity contribution < 1.29 is 9.53 Å². The van der Waals surface area contributed by atoms with Gasteiger partial charge in [-0.3, -0.25) is 4.79 Å². The number of carbonyl (C=O) groups excluding carboxylic acids is 1. The van der Waals surface area contributed by atoms with Gasteiger partial charge in [-0.25, -0.2) is 14.6 Å². The summed E-state index contributed by atoms with van der Waals surface area (Å²) in [5, 5.41) is 8.65. The number of benzene rings is 1. The van der Waals surface area contributed by atoms with Crippen LogP contribution < -0.4 is 4.90 Å². The van der Waals surface area contributed by atoms with Gasteiger partial charge in [-0.15, -0.1) is 5.10 Å². The molecule has 0 N–H and O–H groups in total. The number of fused-ring (bicyclic) bond motifs is 1. The fraction of sp³-hybridized carbons (Fsp3) is 0.450. The van der Waals surface area contributed by atoms with Gasteiger partial charge in [-0.1, -0.05) is 35.5 Å². The lowest BCUT2D eigenvalue weighted by molar-refractivity contribution is -0.141. The SMILES string of the molecule is O=C([C@@H]1CCCO1)N1CCN(c2ncnc3c2nnn3Cc2ccccc2)CC1. The van der Waals surface area contributed by atoms with Crippen LogP contribution in [0.25, 0.3) is 11.2 Å². The van der Waals surface area contributed by atoms with Crippen molar-refractivity contribution in [1.82, 2.24) is 29.9 Å². The zero-order chi connectivity index (χ0) is 19.6. The molecule has 150 valence electrons. The van der Waals surface area contributed by atoms with Crippen LogP contribution in [-0.4, -0.2) is 74.7 Å². The van der Waals surface area contributed by atoms with E-state index in [2.05, 4.69) is 37.3 Å². The normalized spacial score (nSPS) is 19.8. The molecule has 0 saturated carbocycles. The monoisotopic (exact) mass is 393 g/mol. The Bertz CT molecular complexity index is 992. The zero-order valence-corrected chi connectivity index (χ0v) is 16.1. The highest BCUT2D eigenvalue weighted by Gasteiger charge is 2.31. The fourth-order valence-corrected chi connectivity index (χ4v) is 3.99. The lowest BCUT2D eigenvalue weighted by Gasteiger charge is -2.36. The molecule has 3 aromatic rings. The van der Waals surface area contributed by atoms with E-state index in [-0.39, 0.29) is 12.0 Å². The highest BCUT2D eigenvalue weighted by molar-refractivity contribution is 5.84. The predicted octanol–water partition coefficient (Wildman–Crippen LogP) is 1.10. The van der Waals surface area contributed by atoms with Gasteiger partial charge in [0.1, 0.15) is 12.4 Å². The van der Waals surface area contributed by atoms with E-state index in [0.717, 1.165) is 29.9 Å². The third-order valence-electron chi connectivity index (χ3n) is 5.55. The van der Waals surface area contributed by atoms with Crippen LogP contribution in [-0.2, 0) is 16.1 Å². The highest BCUT2D eigenvalue weighted by Crippen LogP contribution is 2.23. The summed E-state index contributed by atoms with van der Waals surface area (Å²) in [6.07, 6.45) is 3.10. The van der Waals surface area contributed by atoms with Crippen LogP contribution in [0.3, 0.4) is 0 Å². The molecular formula is C20H23N7O2. The van der Waals surface area contributed by atoms with Gasteiger partial charge < -0.3 is 14.5 Å². The maximum absolute atomic E-state index is 12.6. The van der Waals surface area contributed by atoms with Gasteiger partial charge in [-0.2, -0.15) is 0 Å². The number of anilines is 1. The molecule has 1 aromatic carbocycles. The summed E-state index contributed by atoms with van der Waals surface area (Å²) < 4.78 is 7.34. The molecule has 9 nitrogen and oxygen atoms in total. The van der Waals surface area contributed by atoms with Crippen LogP contribution in [0.15, 0.2) is 36.7 Å². The fourth-order valence-electron chi connectivity index (χ4n) is 3.99. The maximum Gasteiger partial charge on any atom is 0.251 e. The number of rotatable bonds is 4. The number of carbonyl (C=O) groups is 1. The number of amides is 1. The molecule has 1 atom stereocenters. The smallest absolute Gasteiger partial charge is 0.251 e. The van der Waals surface area contributed by atoms with E-state index >= 15 is 0 Å². The Balaban J connectivity index is 1.31. The quantitative estimate of drug-likeness (QED) is 0.656. The highest BCUT2D eigenvalue weighted by atomic mass is 16.5. The minimum absolute atomic E-state index is 0.115. The number of nitrogens with zero attached hydrogens (tertiary/aromatic N) is 7. The molecule has 0 spiro atoms. The molecule has 2 aliphatic heterocycles. The topological polar surface area (TPSA) is 89.3 Å². The second-order valence-corrected chi connectivity index (χ2v) is 7.42. The molecular weight excluding hydrogens is 370 g/mol. The minimum atomic E-state index is -0.259. The number of ether oxygens (including phenoxy) is 1. The van der Waals surface area contributed by atoms with E-state index in [1.165, 1.54) is 0 Å². The van der Waals surface area contributed by atoms with Gasteiger partial charge in [0.05, 0.1) is 6.54 Å². The van der Waals surface area contributed by atoms with Gasteiger partial charge in [0.25, 0.3) is 5.91 Å². The molecule has 0 radical (unpaired) electrons. The van der Waals surface area contributed by atoms with Crippen LogP contribution in [0, 0.1) is 0 Å². The lowest BCUT2D eigenvalue weighted by atomic mass is 10.2. The van der Waals surface area contributed by atoms with E-state index in [0.29, 0.717) is 44.8 Å². The Kier molecular flexibility index (Phi) is 4.81. The summed E-state index contributed by atoms with van der Waals surface area (Å²) in [5.74, 6) is 0.891. The van der Waals surface area contributed by atoms with Crippen LogP contribution in [0.1, 0.15) is 18.4 Å². The minimum Gasteiger partial charge on any atom is -0.368 e. The Hall–Kier alpha value is -3.07. The van der Waals surface area contributed by atoms with Crippen molar-refractivity contribution in [2.75, 3.05) is 37.7 Å². The van der Waals surface area contributed by atoms with Crippen LogP contribution in [0.2, 0.25) is 0 Å². The van der Waals surface area contributed by atoms with Crippen LogP contribution in [0.5, 0.6) is 0 Å². The molecule has 1 amide bonds. The van der Waals surface area contributed by atoms with Crippen molar-refractivity contribution in [2.45, 2.75) is 25.5 Å². The molecule has 2 aromatic heterocycles. The van der Waals surface area contributed by atoms with E-state index in [9.17, 15) is 4.79 Å². The lowest BCUT2D eigenvalue weighted by Crippen LogP contribution is -2.51. The molecule has 0 aliphatic carbocycles. The summed E-state index contributed by atoms with van der Waals surface area (Å²) >= 11 is 0. The number of piperazine rings is 1. The molecule has 0 unspecified atom stereocenters. The first-order valence-corrected chi connectivity index (χ1v) is 10.0. The first-order chi connectivity index (χ1) is 14.3. The van der Waals surface area contributed by atoms with Crippen molar-refractivity contribution in [2.24, 2.45) is 0 Å². The molecule has 2 aliphatic rings. The Morgan fingerprint density at radius 2 is 1.93 bits per heavy atom. The Morgan fingerprint density at radius 1 is 1.10 bits per heavy atom. The van der Waals surface area contributed by atoms with Crippen molar-refractivity contribution in [3.63, 3.8) is 0 Å². The maximum atomic E-state index is 12.6. The van der Waals surface area contributed by atoms with Crippen molar-refractivity contribution in [3.8, 4) is 0 Å². The number of hydrogen-bond acceptors (Lipinski definition) is 7. The molecule has 4 heterocycles. The van der Waals surface area contributed by atoms with Crippen LogP contribution >= 0.6 is 0 Å². The molecule has 9 heteroatoms. The third-order valence-corrected chi connectivity index (χ3v) is 5.55. The van der Waals surface area contributed by atoms with Crippen molar-refractivity contribution >= 4 is 22.9 Å². The second-order valence-electron chi connectivity index (χ2n) is 7.42. The van der Waals surface area contributed by atoms with E-state index in [1.54, 1.807) is 11.0 Å². The van der Waals surface area contributed by atoms with Gasteiger partial charge in [0.2, 0.25) is 0 Å². The first-order valence-electron chi connectivity index (χ1n) is 10.0. The van der Waals surface area contributed by atoms with E-state index in [4.69, 9.17) is 4.74 Å². The largest absolute Gasteiger partial charge is 0.368 e. The van der Waals surface area contributed by atoms with Crippen molar-refractivity contribution in [3.05, 3.63) is 42.2 Å². The van der Waals surface area contributed by atoms with Crippen LogP contribution in [0.4, 0.5) is 5.82 Å². The van der Waals surface area contributed by atoms with Gasteiger partial charge in [0.15, 0.2) is 17.0 Å². The van der Waals surface area contributed by atoms with Gasteiger partial charge in [0, 0.05) is 32.8 Å². The summed E-state index contributed by atoms with van der Waals surface area (Å²) in [4.78, 5) is 25.5. The second kappa shape index (κ2) is 7.75. The summed E-state index contributed by atoms with van der Waals surface area (Å²) in [6.45, 7) is 4.02. The first kappa shape index (κ1) is 18.0. The van der Waals surface area contributed by atoms with E-state index in [1.807, 2.05) is 23.1 Å². The summed E-state index contributed by atoms with van der Waals surface area (Å²) in [5.41, 5.74) is 2.56. The average molecular weight is 393 g/mol. The third kappa shape index (κ3) is 3.53. The van der Waals surface area contributed by atoms with Gasteiger partial charge in [-0.05, 0) is 18.4 Å². The van der Waals surface area contributed by atoms with Crippen molar-refractivity contribution in [1.29, 1.82) is 0 Å². The van der Waals surface area contributed by atoms with Gasteiger partial charge >= 0.3 is 0 Å². The van der Waals surface area contributed by atoms with E-state index < -0.39 is 0 Å². The zero-order valence-electron chi connectivity index (χ0n) is 16.1.